The molecule has 3 fully saturated rings. The Kier molecular flexibility index (Phi) is 8.62. The van der Waals surface area contributed by atoms with Crippen molar-refractivity contribution in [3.05, 3.63) is 107 Å². The van der Waals surface area contributed by atoms with E-state index in [1.54, 1.807) is 36.4 Å². The molecule has 11 heteroatoms. The van der Waals surface area contributed by atoms with E-state index in [1.807, 2.05) is 48.5 Å². The number of rotatable bonds is 10. The third-order valence-electron chi connectivity index (χ3n) is 10.6. The van der Waals surface area contributed by atoms with Crippen molar-refractivity contribution in [2.45, 2.75) is 37.0 Å². The highest BCUT2D eigenvalue weighted by atomic mass is 35.5. The molecule has 252 valence electrons. The summed E-state index contributed by atoms with van der Waals surface area (Å²) in [6.45, 7) is -0.245. The van der Waals surface area contributed by atoms with Crippen LogP contribution in [0.2, 0.25) is 5.02 Å². The lowest BCUT2D eigenvalue weighted by atomic mass is 9.49. The number of fused-ring (bicyclic) bond motifs is 4. The summed E-state index contributed by atoms with van der Waals surface area (Å²) >= 11 is 6.37. The predicted molar refractivity (Wildman–Crippen MR) is 179 cm³/mol. The Bertz CT molecular complexity index is 1880. The van der Waals surface area contributed by atoms with Crippen LogP contribution in [-0.2, 0) is 29.4 Å². The molecule has 3 aromatic carbocycles. The number of carbonyl (C=O) groups excluding carboxylic acids is 4. The molecular weight excluding hydrogens is 648 g/mol. The molecule has 4 aliphatic rings. The molecule has 0 spiro atoms. The standard InChI is InChI=1S/C38H35ClN2O8/c39-23-10-6-11-24(20-23)41-35(46)29-21-28-25(15-16-27-32(28)36(47)40(34(27)45)17-7-14-31(43)44)33(26-12-4-5-13-30(26)49-19-18-42)38(29,37(41)48)22-8-2-1-3-9-22/h1-6,8-13,15,20,27-29,32-33,42H,7,14,16-19,21H2,(H,43,44). The van der Waals surface area contributed by atoms with Gasteiger partial charge in [-0.2, -0.15) is 0 Å². The van der Waals surface area contributed by atoms with Crippen molar-refractivity contribution in [2.24, 2.45) is 23.7 Å². The third-order valence-corrected chi connectivity index (χ3v) is 10.8. The third kappa shape index (κ3) is 5.16. The van der Waals surface area contributed by atoms with Gasteiger partial charge in [0.05, 0.1) is 35.5 Å². The number of hydrogen-bond donors (Lipinski definition) is 2. The van der Waals surface area contributed by atoms with Crippen LogP contribution in [0.3, 0.4) is 0 Å². The summed E-state index contributed by atoms with van der Waals surface area (Å²) < 4.78 is 6.06. The monoisotopic (exact) mass is 682 g/mol. The maximum atomic E-state index is 15.3. The molecule has 3 aromatic rings. The van der Waals surface area contributed by atoms with Crippen LogP contribution in [0, 0.1) is 23.7 Å². The highest BCUT2D eigenvalue weighted by molar-refractivity contribution is 6.32. The number of allylic oxidation sites excluding steroid dienone is 2. The highest BCUT2D eigenvalue weighted by Gasteiger charge is 2.70. The van der Waals surface area contributed by atoms with E-state index in [9.17, 15) is 29.4 Å². The SMILES string of the molecule is O=C(O)CCCN1C(=O)C2CC=C3C(CC4C(=O)N(c5cccc(Cl)c5)C(=O)C4(c4ccccc4)C3c3ccccc3OCCO)C2C1=O. The Hall–Kier alpha value is -4.80. The first-order valence-corrected chi connectivity index (χ1v) is 16.9. The van der Waals surface area contributed by atoms with Crippen molar-refractivity contribution in [1.29, 1.82) is 0 Å². The number of para-hydroxylation sites is 1. The first kappa shape index (κ1) is 32.7. The van der Waals surface area contributed by atoms with Crippen LogP contribution in [0.25, 0.3) is 0 Å². The minimum absolute atomic E-state index is 0.00151. The van der Waals surface area contributed by atoms with E-state index in [4.69, 9.17) is 16.3 Å². The number of imide groups is 2. The Labute approximate surface area is 287 Å². The lowest BCUT2D eigenvalue weighted by molar-refractivity contribution is -0.142. The number of halogens is 1. The number of carboxylic acids is 1. The lowest BCUT2D eigenvalue weighted by Crippen LogP contribution is -2.53. The fraction of sp³-hybridized carbons (Fsp3) is 0.342. The second-order valence-corrected chi connectivity index (χ2v) is 13.5. The van der Waals surface area contributed by atoms with Gasteiger partial charge in [0.15, 0.2) is 0 Å². The number of hydrogen-bond acceptors (Lipinski definition) is 7. The normalized spacial score (nSPS) is 27.5. The number of amides is 4. The largest absolute Gasteiger partial charge is 0.491 e. The number of anilines is 1. The van der Waals surface area contributed by atoms with Crippen LogP contribution < -0.4 is 9.64 Å². The number of carboxylic acid groups (broad SMARTS) is 1. The Morgan fingerprint density at radius 1 is 0.918 bits per heavy atom. The van der Waals surface area contributed by atoms with Gasteiger partial charge < -0.3 is 14.9 Å². The maximum absolute atomic E-state index is 15.3. The van der Waals surface area contributed by atoms with Crippen LogP contribution in [0.15, 0.2) is 90.5 Å². The van der Waals surface area contributed by atoms with Crippen LogP contribution >= 0.6 is 11.6 Å². The first-order chi connectivity index (χ1) is 23.7. The number of carbonyl (C=O) groups is 5. The Morgan fingerprint density at radius 3 is 2.41 bits per heavy atom. The molecule has 10 nitrogen and oxygen atoms in total. The first-order valence-electron chi connectivity index (χ1n) is 16.5. The summed E-state index contributed by atoms with van der Waals surface area (Å²) in [6.07, 6.45) is 2.32. The van der Waals surface area contributed by atoms with E-state index in [0.29, 0.717) is 27.6 Å². The molecule has 2 saturated heterocycles. The van der Waals surface area contributed by atoms with Crippen molar-refractivity contribution in [2.75, 3.05) is 24.7 Å². The summed E-state index contributed by atoms with van der Waals surface area (Å²) in [5, 5.41) is 19.2. The van der Waals surface area contributed by atoms with Gasteiger partial charge in [0.25, 0.3) is 0 Å². The molecule has 6 atom stereocenters. The number of nitrogens with zero attached hydrogens (tertiary/aromatic N) is 2. The van der Waals surface area contributed by atoms with Gasteiger partial charge >= 0.3 is 5.97 Å². The van der Waals surface area contributed by atoms with Crippen LogP contribution in [-0.4, -0.2) is 64.5 Å². The molecule has 49 heavy (non-hydrogen) atoms. The van der Waals surface area contributed by atoms with E-state index in [-0.39, 0.29) is 57.3 Å². The lowest BCUT2D eigenvalue weighted by Gasteiger charge is -2.51. The topological polar surface area (TPSA) is 142 Å². The molecule has 2 N–H and O–H groups in total. The van der Waals surface area contributed by atoms with E-state index < -0.39 is 52.8 Å². The summed E-state index contributed by atoms with van der Waals surface area (Å²) in [4.78, 5) is 71.5. The van der Waals surface area contributed by atoms with Crippen LogP contribution in [0.4, 0.5) is 5.69 Å². The molecule has 2 heterocycles. The van der Waals surface area contributed by atoms with Crippen LogP contribution in [0.1, 0.15) is 42.7 Å². The fourth-order valence-corrected chi connectivity index (χ4v) is 8.95. The van der Waals surface area contributed by atoms with Gasteiger partial charge in [-0.1, -0.05) is 77.8 Å². The summed E-state index contributed by atoms with van der Waals surface area (Å²) in [5.74, 6) is -5.85. The van der Waals surface area contributed by atoms with Crippen molar-refractivity contribution in [1.82, 2.24) is 4.90 Å². The molecule has 2 aliphatic heterocycles. The van der Waals surface area contributed by atoms with Gasteiger partial charge in [0, 0.05) is 29.5 Å². The van der Waals surface area contributed by atoms with E-state index >= 15 is 4.79 Å². The molecule has 6 unspecified atom stereocenters. The summed E-state index contributed by atoms with van der Waals surface area (Å²) in [6, 6.07) is 23.0. The second kappa shape index (κ2) is 12.9. The fourth-order valence-electron chi connectivity index (χ4n) is 8.77. The van der Waals surface area contributed by atoms with Crippen molar-refractivity contribution < 1.29 is 38.9 Å². The zero-order valence-corrected chi connectivity index (χ0v) is 27.3. The Balaban J connectivity index is 1.44. The average molecular weight is 683 g/mol. The number of aliphatic carboxylic acids is 1. The zero-order valence-electron chi connectivity index (χ0n) is 26.5. The van der Waals surface area contributed by atoms with E-state index in [2.05, 4.69) is 0 Å². The zero-order chi connectivity index (χ0) is 34.4. The van der Waals surface area contributed by atoms with Gasteiger partial charge in [0.1, 0.15) is 12.4 Å². The molecule has 7 rings (SSSR count). The quantitative estimate of drug-likeness (QED) is 0.231. The molecule has 4 amide bonds. The molecular formula is C38H35ClN2O8. The number of aliphatic hydroxyl groups excluding tert-OH is 1. The summed E-state index contributed by atoms with van der Waals surface area (Å²) in [5.41, 5.74) is 0.923. The molecule has 1 saturated carbocycles. The molecule has 0 bridgehead atoms. The van der Waals surface area contributed by atoms with Crippen molar-refractivity contribution >= 4 is 46.9 Å². The smallest absolute Gasteiger partial charge is 0.303 e. The van der Waals surface area contributed by atoms with Crippen molar-refractivity contribution in [3.8, 4) is 5.75 Å². The van der Waals surface area contributed by atoms with Gasteiger partial charge in [-0.25, -0.2) is 4.90 Å². The number of ether oxygens (including phenoxy) is 1. The second-order valence-electron chi connectivity index (χ2n) is 13.0. The van der Waals surface area contributed by atoms with E-state index in [0.717, 1.165) is 5.57 Å². The number of likely N-dealkylation sites (tertiary alicyclic amines) is 1. The van der Waals surface area contributed by atoms with E-state index in [1.165, 1.54) is 9.80 Å². The van der Waals surface area contributed by atoms with Gasteiger partial charge in [-0.05, 0) is 55.0 Å². The number of benzene rings is 3. The van der Waals surface area contributed by atoms with Crippen LogP contribution in [0.5, 0.6) is 5.75 Å². The van der Waals surface area contributed by atoms with Gasteiger partial charge in [-0.3, -0.25) is 28.9 Å². The van der Waals surface area contributed by atoms with Gasteiger partial charge in [0.2, 0.25) is 23.6 Å². The Morgan fingerprint density at radius 2 is 1.67 bits per heavy atom. The maximum Gasteiger partial charge on any atom is 0.303 e. The molecule has 0 aromatic heterocycles. The minimum atomic E-state index is -1.46. The molecule has 2 aliphatic carbocycles. The minimum Gasteiger partial charge on any atom is -0.491 e. The number of aliphatic hydroxyl groups is 1. The van der Waals surface area contributed by atoms with Crippen molar-refractivity contribution in [3.63, 3.8) is 0 Å². The highest BCUT2D eigenvalue weighted by Crippen LogP contribution is 2.65. The predicted octanol–water partition coefficient (Wildman–Crippen LogP) is 4.74. The molecule has 0 radical (unpaired) electrons. The average Bonchev–Trinajstić information content (AvgIpc) is 3.48. The van der Waals surface area contributed by atoms with Gasteiger partial charge in [-0.15, -0.1) is 0 Å². The summed E-state index contributed by atoms with van der Waals surface area (Å²) in [7, 11) is 0.